The molecule has 0 aliphatic carbocycles. The average molecular weight is 169 g/mol. The molecule has 0 rings (SSSR count). The molecular formula is C4H7F6-3. The van der Waals surface area contributed by atoms with Crippen LogP contribution in [0.3, 0.4) is 0 Å². The van der Waals surface area contributed by atoms with Gasteiger partial charge in [-0.25, -0.2) is 8.78 Å². The van der Waals surface area contributed by atoms with Gasteiger partial charge < -0.3 is 14.1 Å². The monoisotopic (exact) mass is 169 g/mol. The van der Waals surface area contributed by atoms with Crippen LogP contribution in [0.2, 0.25) is 0 Å². The third-order valence-corrected chi connectivity index (χ3v) is 0.533. The number of hydrogen-bond acceptors (Lipinski definition) is 0. The number of alkyl halides is 3. The van der Waals surface area contributed by atoms with Crippen molar-refractivity contribution in [1.29, 1.82) is 0 Å². The van der Waals surface area contributed by atoms with E-state index in [1.165, 1.54) is 0 Å². The Kier molecular flexibility index (Phi) is 19.4. The summed E-state index contributed by atoms with van der Waals surface area (Å²) in [5, 5.41) is 0. The summed E-state index contributed by atoms with van der Waals surface area (Å²) < 4.78 is 34.0. The highest BCUT2D eigenvalue weighted by atomic mass is 19.3. The zero-order chi connectivity index (χ0) is 5.91. The number of halogens is 6. The SMILES string of the molecule is CC(F)(F)CCF.[F-].[F-].[F-]. The van der Waals surface area contributed by atoms with Crippen LogP contribution < -0.4 is 14.1 Å². The lowest BCUT2D eigenvalue weighted by Gasteiger charge is -2.03. The van der Waals surface area contributed by atoms with Crippen LogP contribution in [0.1, 0.15) is 13.3 Å². The Hall–Kier alpha value is -0.420. The van der Waals surface area contributed by atoms with E-state index in [0.717, 1.165) is 0 Å². The standard InChI is InChI=1S/C4H7F3.3FH/c1-4(6,7)2-3-5;;;/h2-3H2,1H3;3*1H/p-3. The van der Waals surface area contributed by atoms with Gasteiger partial charge in [0.2, 0.25) is 5.92 Å². The molecule has 0 N–H and O–H groups in total. The van der Waals surface area contributed by atoms with Crippen molar-refractivity contribution in [2.45, 2.75) is 19.3 Å². The van der Waals surface area contributed by atoms with Crippen LogP contribution in [0.4, 0.5) is 13.2 Å². The molecule has 0 aliphatic heterocycles. The summed E-state index contributed by atoms with van der Waals surface area (Å²) in [7, 11) is 0. The third kappa shape index (κ3) is 25.6. The minimum atomic E-state index is -2.82. The molecule has 0 radical (unpaired) electrons. The first-order valence-electron chi connectivity index (χ1n) is 2.00. The molecule has 0 bridgehead atoms. The Morgan fingerprint density at radius 2 is 1.40 bits per heavy atom. The normalized spacial score (nSPS) is 8.40. The van der Waals surface area contributed by atoms with Crippen LogP contribution in [-0.4, -0.2) is 12.6 Å². The summed E-state index contributed by atoms with van der Waals surface area (Å²) in [6.45, 7) is -0.240. The highest BCUT2D eigenvalue weighted by Crippen LogP contribution is 2.15. The van der Waals surface area contributed by atoms with Crippen molar-refractivity contribution >= 4 is 0 Å². The number of rotatable bonds is 2. The molecule has 0 aromatic carbocycles. The van der Waals surface area contributed by atoms with Gasteiger partial charge in [-0.3, -0.25) is 4.39 Å². The highest BCUT2D eigenvalue weighted by molar-refractivity contribution is 4.54. The second kappa shape index (κ2) is 8.58. The molecule has 10 heavy (non-hydrogen) atoms. The van der Waals surface area contributed by atoms with Crippen LogP contribution in [0.5, 0.6) is 0 Å². The molecule has 0 spiro atoms. The van der Waals surface area contributed by atoms with Gasteiger partial charge in [-0.05, 0) is 6.92 Å². The van der Waals surface area contributed by atoms with Gasteiger partial charge in [-0.2, -0.15) is 0 Å². The predicted octanol–water partition coefficient (Wildman–Crippen LogP) is -6.99. The first-order valence-corrected chi connectivity index (χ1v) is 2.00. The smallest absolute Gasteiger partial charge is 0.247 e. The molecule has 0 fully saturated rings. The van der Waals surface area contributed by atoms with E-state index in [9.17, 15) is 13.2 Å². The summed E-state index contributed by atoms with van der Waals surface area (Å²) in [6.07, 6.45) is -0.660. The molecular weight excluding hydrogens is 162 g/mol. The quantitative estimate of drug-likeness (QED) is 0.360. The lowest BCUT2D eigenvalue weighted by atomic mass is 10.3. The van der Waals surface area contributed by atoms with Crippen molar-refractivity contribution in [1.82, 2.24) is 0 Å². The topological polar surface area (TPSA) is 0 Å². The van der Waals surface area contributed by atoms with E-state index in [0.29, 0.717) is 6.92 Å². The molecule has 0 heterocycles. The molecule has 0 nitrogen and oxygen atoms in total. The van der Waals surface area contributed by atoms with Gasteiger partial charge >= 0.3 is 0 Å². The van der Waals surface area contributed by atoms with E-state index in [2.05, 4.69) is 0 Å². The molecule has 0 aromatic rings. The van der Waals surface area contributed by atoms with Gasteiger partial charge in [0.1, 0.15) is 0 Å². The van der Waals surface area contributed by atoms with Gasteiger partial charge in [0.15, 0.2) is 0 Å². The Balaban J connectivity index is -0.0000000600. The summed E-state index contributed by atoms with van der Waals surface area (Å²) in [5.41, 5.74) is 0. The van der Waals surface area contributed by atoms with Crippen LogP contribution in [0, 0.1) is 0 Å². The fraction of sp³-hybridized carbons (Fsp3) is 1.00. The van der Waals surface area contributed by atoms with Crippen LogP contribution in [-0.2, 0) is 0 Å². The zero-order valence-corrected chi connectivity index (χ0v) is 5.18. The molecule has 68 valence electrons. The van der Waals surface area contributed by atoms with Gasteiger partial charge in [-0.15, -0.1) is 0 Å². The summed E-state index contributed by atoms with van der Waals surface area (Å²) >= 11 is 0. The lowest BCUT2D eigenvalue weighted by molar-refractivity contribution is -0.00100. The summed E-state index contributed by atoms with van der Waals surface area (Å²) in [4.78, 5) is 0. The van der Waals surface area contributed by atoms with Crippen molar-refractivity contribution in [3.63, 3.8) is 0 Å². The van der Waals surface area contributed by atoms with E-state index in [4.69, 9.17) is 0 Å². The molecule has 0 amide bonds. The Morgan fingerprint density at radius 3 is 1.40 bits per heavy atom. The number of hydrogen-bond donors (Lipinski definition) is 0. The van der Waals surface area contributed by atoms with Crippen molar-refractivity contribution in [3.8, 4) is 0 Å². The van der Waals surface area contributed by atoms with E-state index < -0.39 is 19.0 Å². The van der Waals surface area contributed by atoms with Gasteiger partial charge in [0.25, 0.3) is 0 Å². The molecule has 0 aliphatic rings. The Bertz CT molecular complexity index is 48.2. The predicted molar refractivity (Wildman–Crippen MR) is 21.2 cm³/mol. The summed E-state index contributed by atoms with van der Waals surface area (Å²) in [6, 6.07) is 0. The fourth-order valence-electron chi connectivity index (χ4n) is 0.166. The van der Waals surface area contributed by atoms with Crippen molar-refractivity contribution in [2.24, 2.45) is 0 Å². The van der Waals surface area contributed by atoms with Crippen LogP contribution >= 0.6 is 0 Å². The first-order chi connectivity index (χ1) is 3.06. The summed E-state index contributed by atoms with van der Waals surface area (Å²) in [5.74, 6) is -2.82. The molecule has 0 aromatic heterocycles. The second-order valence-corrected chi connectivity index (χ2v) is 1.51. The fourth-order valence-corrected chi connectivity index (χ4v) is 0.166. The minimum absolute atomic E-state index is 0. The Labute approximate surface area is 54.5 Å². The second-order valence-electron chi connectivity index (χ2n) is 1.51. The van der Waals surface area contributed by atoms with E-state index in [1.807, 2.05) is 0 Å². The van der Waals surface area contributed by atoms with E-state index in [1.54, 1.807) is 0 Å². The van der Waals surface area contributed by atoms with E-state index >= 15 is 0 Å². The maximum absolute atomic E-state index is 11.5. The highest BCUT2D eigenvalue weighted by Gasteiger charge is 2.19. The van der Waals surface area contributed by atoms with E-state index in [-0.39, 0.29) is 14.1 Å². The molecule has 0 atom stereocenters. The minimum Gasteiger partial charge on any atom is -1.00 e. The van der Waals surface area contributed by atoms with Crippen molar-refractivity contribution in [3.05, 3.63) is 0 Å². The first kappa shape index (κ1) is 22.7. The van der Waals surface area contributed by atoms with Crippen LogP contribution in [0.25, 0.3) is 0 Å². The third-order valence-electron chi connectivity index (χ3n) is 0.533. The molecule has 0 unspecified atom stereocenters. The molecule has 0 saturated carbocycles. The van der Waals surface area contributed by atoms with Gasteiger partial charge in [-0.1, -0.05) is 0 Å². The van der Waals surface area contributed by atoms with Crippen molar-refractivity contribution in [2.75, 3.05) is 6.67 Å². The maximum Gasteiger partial charge on any atom is 0.247 e. The molecule has 6 heteroatoms. The van der Waals surface area contributed by atoms with Gasteiger partial charge in [0, 0.05) is 6.42 Å². The largest absolute Gasteiger partial charge is 1.00 e. The average Bonchev–Trinajstić information content (AvgIpc) is 1.30. The lowest BCUT2D eigenvalue weighted by Crippen LogP contribution is -3.00. The Morgan fingerprint density at radius 1 is 1.10 bits per heavy atom. The maximum atomic E-state index is 11.5. The van der Waals surface area contributed by atoms with Gasteiger partial charge in [0.05, 0.1) is 6.67 Å². The van der Waals surface area contributed by atoms with Crippen LogP contribution in [0.15, 0.2) is 0 Å². The zero-order valence-electron chi connectivity index (χ0n) is 5.18. The van der Waals surface area contributed by atoms with Crippen molar-refractivity contribution < 1.29 is 27.3 Å². The molecule has 0 saturated heterocycles.